The Bertz CT molecular complexity index is 2700. The van der Waals surface area contributed by atoms with Crippen LogP contribution in [0.1, 0.15) is 130 Å². The molecule has 8 amide bonds. The van der Waals surface area contributed by atoms with Crippen LogP contribution in [0.3, 0.4) is 0 Å². The van der Waals surface area contributed by atoms with Gasteiger partial charge in [-0.25, -0.2) is 14.4 Å². The van der Waals surface area contributed by atoms with Crippen LogP contribution in [0.4, 0.5) is 11.8 Å². The van der Waals surface area contributed by atoms with Crippen molar-refractivity contribution in [2.24, 2.45) is 5.92 Å². The quantitative estimate of drug-likeness (QED) is 0.0390. The van der Waals surface area contributed by atoms with Gasteiger partial charge in [-0.2, -0.15) is 4.98 Å². The number of nitrogens with zero attached hydrogens (tertiary/aromatic N) is 5. The number of hydrogen-bond donors (Lipinski definition) is 14. The first-order valence-corrected chi connectivity index (χ1v) is 30.1. The van der Waals surface area contributed by atoms with E-state index in [1.807, 2.05) is 10.6 Å². The summed E-state index contributed by atoms with van der Waals surface area (Å²) in [6.07, 6.45) is -4.55. The number of amides is 8. The highest BCUT2D eigenvalue weighted by atomic mass is 16.5. The number of esters is 1. The molecule has 4 aliphatic rings. The number of anilines is 2. The molecule has 1 unspecified atom stereocenters. The number of nitrogens with one attached hydrogen (secondary N) is 7. The smallest absolute Gasteiger partial charge is 0.335 e. The van der Waals surface area contributed by atoms with E-state index in [9.17, 15) is 93.3 Å². The highest BCUT2D eigenvalue weighted by molar-refractivity contribution is 6.00. The summed E-state index contributed by atoms with van der Waals surface area (Å²) in [6, 6.07) is -13.9. The Hall–Kier alpha value is -7.55. The molecule has 13 atom stereocenters. The molecule has 0 spiro atoms. The number of aliphatic carboxylic acids is 2. The standard InChI is InChI=1S/C56H88N12O20/c1-29(2)16-11-9-7-6-8-10-12-17-31-26-38(72)61-40(30(3)70)52(82)67-24-15-20-35(67)51(81)66-23-14-19-34(66)47(77)58-32(18-13-22-57-56-60-37(65(4)5)27-39(73)62-56)46(76)63-41(44(74)53(83)84)48(78)59-33(28-69)50(80)68-25-21-36(71)43(68)49(79)64-42(55(87)88-31)45(75)54(85)86/h27,29-36,40-45,69-71,74-75H,6-26,28H2,1-5H3,(H,58,77)(H,59,78)(H,61,72)(H,63,76)(H,64,79)(H,83,84)(H,85,86)(H2,57,60,62,73)/t30-,31-,32+,33-,34?,35-,36+,40-,41-,42+,43+,44-,45+/m1/s1. The number of aromatic nitrogens is 2. The number of aliphatic hydroxyl groups is 5. The van der Waals surface area contributed by atoms with Gasteiger partial charge in [-0.15, -0.1) is 0 Å². The fraction of sp³-hybridized carbons (Fsp3) is 0.732. The molecule has 0 aromatic carbocycles. The van der Waals surface area contributed by atoms with Crippen molar-refractivity contribution >= 4 is 76.9 Å². The highest BCUT2D eigenvalue weighted by Gasteiger charge is 2.49. The summed E-state index contributed by atoms with van der Waals surface area (Å²) in [6.45, 7) is 3.60. The van der Waals surface area contributed by atoms with Gasteiger partial charge in [-0.3, -0.25) is 48.1 Å². The van der Waals surface area contributed by atoms with Gasteiger partial charge >= 0.3 is 17.9 Å². The second-order valence-corrected chi connectivity index (χ2v) is 23.5. The number of fused-ring (bicyclic) bond motifs is 3. The summed E-state index contributed by atoms with van der Waals surface area (Å²) in [5, 5.41) is 88.5. The summed E-state index contributed by atoms with van der Waals surface area (Å²) < 4.78 is 5.68. The molecule has 5 rings (SSSR count). The first kappa shape index (κ1) is 71.2. The van der Waals surface area contributed by atoms with Crippen LogP contribution in [0, 0.1) is 5.92 Å². The van der Waals surface area contributed by atoms with E-state index in [-0.39, 0.29) is 82.8 Å². The van der Waals surface area contributed by atoms with Crippen LogP contribution in [0.5, 0.6) is 0 Å². The average molecular weight is 1250 g/mol. The number of rotatable bonds is 22. The fourth-order valence-electron chi connectivity index (χ4n) is 11.2. The van der Waals surface area contributed by atoms with Gasteiger partial charge in [0.25, 0.3) is 5.56 Å². The number of aromatic amines is 1. The number of hydrogen-bond acceptors (Lipinski definition) is 21. The number of aliphatic hydroxyl groups excluding tert-OH is 5. The van der Waals surface area contributed by atoms with Crippen LogP contribution in [-0.2, 0) is 57.5 Å². The van der Waals surface area contributed by atoms with Crippen molar-refractivity contribution in [3.05, 3.63) is 16.4 Å². The molecule has 5 heterocycles. The maximum atomic E-state index is 14.6. The molecule has 0 radical (unpaired) electrons. The van der Waals surface area contributed by atoms with E-state index in [1.165, 1.54) is 17.9 Å². The first-order chi connectivity index (χ1) is 41.6. The number of carbonyl (C=O) groups excluding carboxylic acids is 9. The van der Waals surface area contributed by atoms with E-state index >= 15 is 0 Å². The van der Waals surface area contributed by atoms with Crippen LogP contribution < -0.4 is 42.4 Å². The molecule has 4 fully saturated rings. The molecule has 4 aliphatic heterocycles. The molecule has 1 aromatic rings. The Morgan fingerprint density at radius 1 is 0.659 bits per heavy atom. The van der Waals surface area contributed by atoms with E-state index in [4.69, 9.17) is 4.74 Å². The first-order valence-electron chi connectivity index (χ1n) is 30.1. The Labute approximate surface area is 508 Å². The van der Waals surface area contributed by atoms with Crippen LogP contribution in [0.2, 0.25) is 0 Å². The summed E-state index contributed by atoms with van der Waals surface area (Å²) in [4.78, 5) is 177. The maximum absolute atomic E-state index is 14.6. The topological polar surface area (TPSA) is 470 Å². The number of unbranched alkanes of at least 4 members (excludes halogenated alkanes) is 6. The van der Waals surface area contributed by atoms with Gasteiger partial charge in [0.1, 0.15) is 54.2 Å². The lowest BCUT2D eigenvalue weighted by molar-refractivity contribution is -0.165. The monoisotopic (exact) mass is 1250 g/mol. The van der Waals surface area contributed by atoms with Crippen molar-refractivity contribution in [1.29, 1.82) is 0 Å². The van der Waals surface area contributed by atoms with Gasteiger partial charge in [0, 0.05) is 46.3 Å². The van der Waals surface area contributed by atoms with Gasteiger partial charge in [0.15, 0.2) is 18.2 Å². The Morgan fingerprint density at radius 3 is 1.86 bits per heavy atom. The van der Waals surface area contributed by atoms with Crippen molar-refractivity contribution in [3.63, 3.8) is 0 Å². The lowest BCUT2D eigenvalue weighted by atomic mass is 10.0. The minimum Gasteiger partial charge on any atom is -0.479 e. The zero-order valence-corrected chi connectivity index (χ0v) is 50.4. The molecular formula is C56H88N12O20. The molecule has 14 N–H and O–H groups in total. The van der Waals surface area contributed by atoms with Gasteiger partial charge in [0.2, 0.25) is 53.2 Å². The molecule has 32 heteroatoms. The number of H-pyrrole nitrogens is 1. The van der Waals surface area contributed by atoms with E-state index < -0.39 is 169 Å². The van der Waals surface area contributed by atoms with Crippen molar-refractivity contribution in [1.82, 2.24) is 51.3 Å². The highest BCUT2D eigenvalue weighted by Crippen LogP contribution is 2.27. The second-order valence-electron chi connectivity index (χ2n) is 23.5. The van der Waals surface area contributed by atoms with Gasteiger partial charge < -0.3 is 92.0 Å². The molecule has 4 saturated heterocycles. The third kappa shape index (κ3) is 19.7. The Kier molecular flexibility index (Phi) is 27.3. The predicted octanol–water partition coefficient (Wildman–Crippen LogP) is -3.86. The summed E-state index contributed by atoms with van der Waals surface area (Å²) >= 11 is 0. The van der Waals surface area contributed by atoms with Gasteiger partial charge in [0.05, 0.1) is 25.2 Å². The average Bonchev–Trinajstić information content (AvgIpc) is 4.38. The van der Waals surface area contributed by atoms with E-state index in [0.29, 0.717) is 23.7 Å². The number of carboxylic acids is 2. The number of carboxylic acid groups (broad SMARTS) is 2. The van der Waals surface area contributed by atoms with E-state index in [1.54, 1.807) is 19.0 Å². The molecule has 492 valence electrons. The minimum atomic E-state index is -2.79. The predicted molar refractivity (Wildman–Crippen MR) is 309 cm³/mol. The Balaban J connectivity index is 1.52. The SMILES string of the molecule is CC(C)CCCCCCCCC[C@@H]1CC(=O)N[C@H]([C@@H](C)O)C(=O)N2CCC[C@@H]2C(=O)N2CCCC2C(=O)N[C@@H](CCCNc2nc(N(C)C)cc(=O)[nH]2)C(=O)N[C@H]([C@@H](O)C(=O)O)C(=O)N[C@H](CO)C(=O)N2CC[C@H](O)[C@H]2C(=O)N[C@@H]([C@H](O)C(=O)O)C(=O)O1. The van der Waals surface area contributed by atoms with Crippen LogP contribution in [0.15, 0.2) is 10.9 Å². The van der Waals surface area contributed by atoms with Crippen LogP contribution >= 0.6 is 0 Å². The van der Waals surface area contributed by atoms with E-state index in [2.05, 4.69) is 45.1 Å². The fourth-order valence-corrected chi connectivity index (χ4v) is 11.2. The van der Waals surface area contributed by atoms with Crippen molar-refractivity contribution in [3.8, 4) is 0 Å². The van der Waals surface area contributed by atoms with Crippen LogP contribution in [0.25, 0.3) is 0 Å². The largest absolute Gasteiger partial charge is 0.479 e. The molecule has 32 nitrogen and oxygen atoms in total. The molecule has 88 heavy (non-hydrogen) atoms. The molecular weight excluding hydrogens is 1160 g/mol. The molecule has 0 saturated carbocycles. The summed E-state index contributed by atoms with van der Waals surface area (Å²) in [5.41, 5.74) is -0.510. The third-order valence-corrected chi connectivity index (χ3v) is 16.0. The lowest BCUT2D eigenvalue weighted by Crippen LogP contribution is -2.64. The maximum Gasteiger partial charge on any atom is 0.335 e. The number of cyclic esters (lactones) is 1. The zero-order valence-electron chi connectivity index (χ0n) is 50.4. The summed E-state index contributed by atoms with van der Waals surface area (Å²) in [7, 11) is 3.29. The minimum absolute atomic E-state index is 0.00855. The summed E-state index contributed by atoms with van der Waals surface area (Å²) in [5.74, 6) is -14.0. The Morgan fingerprint density at radius 2 is 1.25 bits per heavy atom. The number of carbonyl (C=O) groups is 11. The van der Waals surface area contributed by atoms with E-state index in [0.717, 1.165) is 43.4 Å². The third-order valence-electron chi connectivity index (χ3n) is 16.0. The van der Waals surface area contributed by atoms with Gasteiger partial charge in [-0.05, 0) is 70.6 Å². The molecule has 1 aromatic heterocycles. The molecule has 0 bridgehead atoms. The normalized spacial score (nSPS) is 26.9. The number of ether oxygens (including phenoxy) is 1. The van der Waals surface area contributed by atoms with Gasteiger partial charge in [-0.1, -0.05) is 58.8 Å². The van der Waals surface area contributed by atoms with Crippen molar-refractivity contribution in [2.45, 2.75) is 209 Å². The lowest BCUT2D eigenvalue weighted by Gasteiger charge is -2.34. The van der Waals surface area contributed by atoms with Crippen LogP contribution in [-0.4, -0.2) is 251 Å². The zero-order chi connectivity index (χ0) is 65.1. The van der Waals surface area contributed by atoms with Crippen molar-refractivity contribution < 1.29 is 93.2 Å². The van der Waals surface area contributed by atoms with Crippen molar-refractivity contribution in [2.75, 3.05) is 57.1 Å². The molecule has 0 aliphatic carbocycles. The second kappa shape index (κ2) is 33.7.